The summed E-state index contributed by atoms with van der Waals surface area (Å²) in [6.07, 6.45) is 6.82. The van der Waals surface area contributed by atoms with E-state index in [1.807, 2.05) is 24.3 Å². The van der Waals surface area contributed by atoms with Gasteiger partial charge in [0, 0.05) is 28.1 Å². The summed E-state index contributed by atoms with van der Waals surface area (Å²) in [5, 5.41) is 23.2. The van der Waals surface area contributed by atoms with Crippen LogP contribution in [0.4, 0.5) is 5.69 Å². The highest BCUT2D eigenvalue weighted by atomic mass is 15.4. The minimum atomic E-state index is -0.415. The molecule has 2 heterocycles. The summed E-state index contributed by atoms with van der Waals surface area (Å²) < 4.78 is 0. The van der Waals surface area contributed by atoms with Crippen LogP contribution in [0.3, 0.4) is 0 Å². The van der Waals surface area contributed by atoms with Crippen molar-refractivity contribution in [2.24, 2.45) is 10.9 Å². The van der Waals surface area contributed by atoms with E-state index in [9.17, 15) is 10.5 Å². The molecule has 0 unspecified atom stereocenters. The van der Waals surface area contributed by atoms with Crippen LogP contribution in [0.1, 0.15) is 42.7 Å². The second-order valence-electron chi connectivity index (χ2n) is 10.5. The van der Waals surface area contributed by atoms with Crippen molar-refractivity contribution in [3.63, 3.8) is 0 Å². The smallest absolute Gasteiger partial charge is 0.140 e. The molecular formula is C34H26N4. The number of nitrogens with zero attached hydrogens (tertiary/aromatic N) is 4. The third-order valence-electron chi connectivity index (χ3n) is 8.59. The van der Waals surface area contributed by atoms with Gasteiger partial charge in [0.1, 0.15) is 23.4 Å². The molecule has 7 rings (SSSR count). The molecule has 0 N–H and O–H groups in total. The summed E-state index contributed by atoms with van der Waals surface area (Å²) >= 11 is 0. The normalized spacial score (nSPS) is 23.2. The topological polar surface area (TPSA) is 63.2 Å². The summed E-state index contributed by atoms with van der Waals surface area (Å²) in [5.74, 6) is 0.559. The lowest BCUT2D eigenvalue weighted by atomic mass is 9.66. The molecule has 4 aromatic rings. The van der Waals surface area contributed by atoms with Gasteiger partial charge in [-0.1, -0.05) is 97.4 Å². The third kappa shape index (κ3) is 3.17. The zero-order valence-corrected chi connectivity index (χ0v) is 21.0. The number of hydrogen-bond donors (Lipinski definition) is 0. The fourth-order valence-electron chi connectivity index (χ4n) is 7.02. The number of allylic oxidation sites excluding steroid dienone is 1. The maximum atomic E-state index is 9.84. The van der Waals surface area contributed by atoms with Gasteiger partial charge in [-0.25, -0.2) is 0 Å². The molecule has 0 saturated heterocycles. The Morgan fingerprint density at radius 3 is 2.26 bits per heavy atom. The molecule has 0 bridgehead atoms. The van der Waals surface area contributed by atoms with Crippen LogP contribution >= 0.6 is 0 Å². The lowest BCUT2D eigenvalue weighted by Gasteiger charge is -2.53. The molecule has 1 saturated carbocycles. The summed E-state index contributed by atoms with van der Waals surface area (Å²) in [4.78, 5) is 8.13. The second-order valence-corrected chi connectivity index (χ2v) is 10.5. The molecule has 1 spiro atoms. The van der Waals surface area contributed by atoms with E-state index in [0.29, 0.717) is 11.1 Å². The summed E-state index contributed by atoms with van der Waals surface area (Å²) in [5.41, 5.74) is 4.34. The largest absolute Gasteiger partial charge is 0.314 e. The van der Waals surface area contributed by atoms with Crippen LogP contribution in [-0.4, -0.2) is 5.66 Å². The average Bonchev–Trinajstić information content (AvgIpc) is 3.32. The fraction of sp³-hybridized carbons (Fsp3) is 0.206. The van der Waals surface area contributed by atoms with Crippen molar-refractivity contribution in [2.75, 3.05) is 4.90 Å². The predicted octanol–water partition coefficient (Wildman–Crippen LogP) is 6.20. The quantitative estimate of drug-likeness (QED) is 0.336. The Morgan fingerprint density at radius 1 is 0.842 bits per heavy atom. The Kier molecular flexibility index (Phi) is 5.17. The van der Waals surface area contributed by atoms with E-state index in [0.717, 1.165) is 52.3 Å². The van der Waals surface area contributed by atoms with Crippen LogP contribution in [0, 0.1) is 28.6 Å². The molecule has 0 amide bonds. The van der Waals surface area contributed by atoms with E-state index in [2.05, 4.69) is 89.8 Å². The lowest BCUT2D eigenvalue weighted by molar-refractivity contribution is 0.176. The first kappa shape index (κ1) is 22.5. The highest BCUT2D eigenvalue weighted by Gasteiger charge is 2.55. The molecule has 1 fully saturated rings. The Hall–Kier alpha value is -4.67. The monoisotopic (exact) mass is 490 g/mol. The Morgan fingerprint density at radius 2 is 1.53 bits per heavy atom. The minimum absolute atomic E-state index is 0.134. The number of rotatable bonds is 2. The summed E-state index contributed by atoms with van der Waals surface area (Å²) in [6, 6.07) is 35.8. The van der Waals surface area contributed by atoms with Crippen molar-refractivity contribution in [2.45, 2.75) is 37.3 Å². The summed E-state index contributed by atoms with van der Waals surface area (Å²) in [6.45, 7) is 0. The molecule has 1 aliphatic carbocycles. The maximum Gasteiger partial charge on any atom is 0.140 e. The van der Waals surface area contributed by atoms with Gasteiger partial charge in [0.25, 0.3) is 0 Å². The third-order valence-corrected chi connectivity index (χ3v) is 8.59. The highest BCUT2D eigenvalue weighted by molar-refractivity contribution is 5.95. The molecule has 4 nitrogen and oxygen atoms in total. The molecule has 3 aliphatic rings. The Bertz CT molecular complexity index is 1790. The van der Waals surface area contributed by atoms with Gasteiger partial charge in [0.2, 0.25) is 0 Å². The molecule has 4 aromatic carbocycles. The van der Waals surface area contributed by atoms with Crippen LogP contribution in [0.5, 0.6) is 0 Å². The molecule has 2 aliphatic heterocycles. The van der Waals surface area contributed by atoms with Crippen LogP contribution in [0.2, 0.25) is 0 Å². The van der Waals surface area contributed by atoms with Crippen molar-refractivity contribution in [3.8, 4) is 12.1 Å². The zero-order chi connectivity index (χ0) is 25.7. The zero-order valence-electron chi connectivity index (χ0n) is 21.0. The number of nitriles is 2. The van der Waals surface area contributed by atoms with E-state index in [4.69, 9.17) is 4.99 Å². The van der Waals surface area contributed by atoms with Crippen LogP contribution < -0.4 is 15.5 Å². The van der Waals surface area contributed by atoms with Gasteiger partial charge in [-0.15, -0.1) is 0 Å². The molecular weight excluding hydrogens is 464 g/mol. The highest BCUT2D eigenvalue weighted by Crippen LogP contribution is 2.56. The van der Waals surface area contributed by atoms with E-state index in [1.54, 1.807) is 0 Å². The van der Waals surface area contributed by atoms with Crippen molar-refractivity contribution < 1.29 is 0 Å². The number of hydrogen-bond acceptors (Lipinski definition) is 4. The second kappa shape index (κ2) is 8.72. The standard InChI is InChI=1S/C34H26N4/c35-21-25(22-36)28-19-32-33(27-16-8-7-15-26(27)28)37-34-18-10-9-17-30(34)29(23-11-3-1-4-12-23)20-31(38(32)34)24-13-5-2-6-14-24/h1-8,11-16,19-20,29-30H,9-10,17-18H2/t29-,30+,34+/m1/s1. The van der Waals surface area contributed by atoms with Gasteiger partial charge in [-0.2, -0.15) is 10.5 Å². The molecule has 182 valence electrons. The first-order chi connectivity index (χ1) is 18.7. The first-order valence-corrected chi connectivity index (χ1v) is 13.3. The van der Waals surface area contributed by atoms with Gasteiger partial charge in [0.15, 0.2) is 0 Å². The van der Waals surface area contributed by atoms with Gasteiger partial charge in [-0.3, -0.25) is 4.99 Å². The molecule has 0 radical (unpaired) electrons. The van der Waals surface area contributed by atoms with E-state index >= 15 is 0 Å². The van der Waals surface area contributed by atoms with Gasteiger partial charge < -0.3 is 4.90 Å². The van der Waals surface area contributed by atoms with Gasteiger partial charge >= 0.3 is 0 Å². The Balaban J connectivity index is 1.60. The molecule has 4 heteroatoms. The molecule has 38 heavy (non-hydrogen) atoms. The lowest BCUT2D eigenvalue weighted by Crippen LogP contribution is -2.55. The van der Waals surface area contributed by atoms with Gasteiger partial charge in [-0.05, 0) is 41.8 Å². The number of anilines is 1. The van der Waals surface area contributed by atoms with E-state index < -0.39 is 5.66 Å². The predicted molar refractivity (Wildman–Crippen MR) is 150 cm³/mol. The van der Waals surface area contributed by atoms with Crippen LogP contribution in [0.15, 0.2) is 102 Å². The molecule has 3 atom stereocenters. The van der Waals surface area contributed by atoms with Crippen molar-refractivity contribution >= 4 is 27.7 Å². The average molecular weight is 491 g/mol. The van der Waals surface area contributed by atoms with Crippen molar-refractivity contribution in [1.82, 2.24) is 0 Å². The van der Waals surface area contributed by atoms with Gasteiger partial charge in [0.05, 0.1) is 11.0 Å². The molecule has 0 aromatic heterocycles. The van der Waals surface area contributed by atoms with E-state index in [1.165, 1.54) is 12.0 Å². The van der Waals surface area contributed by atoms with Crippen molar-refractivity contribution in [3.05, 3.63) is 119 Å². The SMILES string of the molecule is N#CC(C#N)=c1cc2c(c3ccccc13)=N[C@]13CCCC[C@H]1[C@@H](c1ccccc1)C=C(c1ccccc1)N23. The van der Waals surface area contributed by atoms with Crippen LogP contribution in [-0.2, 0) is 0 Å². The van der Waals surface area contributed by atoms with Crippen LogP contribution in [0.25, 0.3) is 22.0 Å². The Labute approximate surface area is 222 Å². The maximum absolute atomic E-state index is 9.84. The summed E-state index contributed by atoms with van der Waals surface area (Å²) in [7, 11) is 0. The fourth-order valence-corrected chi connectivity index (χ4v) is 7.02. The minimum Gasteiger partial charge on any atom is -0.314 e. The number of fused-ring (bicyclic) bond motifs is 4. The number of benzene rings is 4. The van der Waals surface area contributed by atoms with E-state index in [-0.39, 0.29) is 11.5 Å². The first-order valence-electron chi connectivity index (χ1n) is 13.3. The van der Waals surface area contributed by atoms with Crippen molar-refractivity contribution in [1.29, 1.82) is 10.5 Å².